The average Bonchev–Trinajstić information content (AvgIpc) is 3.29. The van der Waals surface area contributed by atoms with Crippen LogP contribution in [-0.2, 0) is 4.79 Å². The quantitative estimate of drug-likeness (QED) is 0.841. The van der Waals surface area contributed by atoms with Crippen molar-refractivity contribution in [1.29, 1.82) is 0 Å². The van der Waals surface area contributed by atoms with Gasteiger partial charge in [-0.2, -0.15) is 11.3 Å². The van der Waals surface area contributed by atoms with Gasteiger partial charge in [0.05, 0.1) is 5.56 Å². The lowest BCUT2D eigenvalue weighted by molar-refractivity contribution is -0.117. The highest BCUT2D eigenvalue weighted by molar-refractivity contribution is 7.08. The molecular formula is C19H20N2O2S. The number of benzene rings is 1. The number of amides is 2. The summed E-state index contributed by atoms with van der Waals surface area (Å²) >= 11 is 1.54. The lowest BCUT2D eigenvalue weighted by atomic mass is 9.86. The van der Waals surface area contributed by atoms with Gasteiger partial charge in [0.25, 0.3) is 5.91 Å². The zero-order valence-electron chi connectivity index (χ0n) is 13.7. The number of para-hydroxylation sites is 1. The van der Waals surface area contributed by atoms with Crippen LogP contribution >= 0.6 is 11.3 Å². The molecule has 2 saturated heterocycles. The molecule has 1 aromatic carbocycles. The van der Waals surface area contributed by atoms with Crippen molar-refractivity contribution >= 4 is 28.8 Å². The van der Waals surface area contributed by atoms with E-state index in [1.54, 1.807) is 11.3 Å². The molecule has 0 bridgehead atoms. The van der Waals surface area contributed by atoms with Gasteiger partial charge in [-0.3, -0.25) is 9.59 Å². The van der Waals surface area contributed by atoms with Gasteiger partial charge in [-0.15, -0.1) is 0 Å². The highest BCUT2D eigenvalue weighted by atomic mass is 32.1. The number of carbonyl (C=O) groups is 2. The molecule has 2 amide bonds. The molecule has 0 unspecified atom stereocenters. The largest absolute Gasteiger partial charge is 0.338 e. The predicted octanol–water partition coefficient (Wildman–Crippen LogP) is 3.33. The summed E-state index contributed by atoms with van der Waals surface area (Å²) in [6.07, 6.45) is 1.44. The van der Waals surface area contributed by atoms with Crippen LogP contribution in [0.1, 0.15) is 28.8 Å². The van der Waals surface area contributed by atoms with Crippen LogP contribution in [0.4, 0.5) is 5.69 Å². The van der Waals surface area contributed by atoms with Gasteiger partial charge in [-0.25, -0.2) is 0 Å². The Hall–Kier alpha value is -2.14. The summed E-state index contributed by atoms with van der Waals surface area (Å²) in [5.41, 5.74) is 2.79. The number of nitrogens with zero attached hydrogens (tertiary/aromatic N) is 2. The average molecular weight is 340 g/mol. The molecule has 124 valence electrons. The molecule has 1 aromatic heterocycles. The van der Waals surface area contributed by atoms with E-state index < -0.39 is 0 Å². The first-order chi connectivity index (χ1) is 11.6. The minimum Gasteiger partial charge on any atom is -0.338 e. The second-order valence-electron chi connectivity index (χ2n) is 6.93. The summed E-state index contributed by atoms with van der Waals surface area (Å²) in [5, 5.41) is 3.82. The van der Waals surface area contributed by atoms with Gasteiger partial charge in [-0.1, -0.05) is 18.2 Å². The Kier molecular flexibility index (Phi) is 3.68. The molecule has 0 N–H and O–H groups in total. The molecular weight excluding hydrogens is 320 g/mol. The Morgan fingerprint density at radius 1 is 1.21 bits per heavy atom. The maximum atomic E-state index is 12.6. The van der Waals surface area contributed by atoms with Crippen LogP contribution in [0.25, 0.3) is 0 Å². The number of aryl methyl sites for hydroxylation is 1. The molecule has 5 heteroatoms. The summed E-state index contributed by atoms with van der Waals surface area (Å²) in [7, 11) is 0. The van der Waals surface area contributed by atoms with Crippen LogP contribution in [0.5, 0.6) is 0 Å². The predicted molar refractivity (Wildman–Crippen MR) is 95.4 cm³/mol. The minimum absolute atomic E-state index is 0.0922. The third-order valence-corrected chi connectivity index (χ3v) is 5.90. The summed E-state index contributed by atoms with van der Waals surface area (Å²) in [5.74, 6) is 0.268. The van der Waals surface area contributed by atoms with Crippen LogP contribution in [0.2, 0.25) is 0 Å². The zero-order chi connectivity index (χ0) is 16.7. The zero-order valence-corrected chi connectivity index (χ0v) is 14.5. The van der Waals surface area contributed by atoms with E-state index in [0.29, 0.717) is 19.5 Å². The van der Waals surface area contributed by atoms with E-state index in [9.17, 15) is 9.59 Å². The molecule has 3 heterocycles. The Morgan fingerprint density at radius 3 is 2.79 bits per heavy atom. The third-order valence-electron chi connectivity index (χ3n) is 5.22. The second-order valence-corrected chi connectivity index (χ2v) is 7.71. The van der Waals surface area contributed by atoms with Crippen LogP contribution in [-0.4, -0.2) is 36.3 Å². The monoisotopic (exact) mass is 340 g/mol. The highest BCUT2D eigenvalue weighted by Crippen LogP contribution is 2.42. The fraction of sp³-hybridized carbons (Fsp3) is 0.368. The van der Waals surface area contributed by atoms with Gasteiger partial charge in [0.15, 0.2) is 0 Å². The van der Waals surface area contributed by atoms with Crippen molar-refractivity contribution in [1.82, 2.24) is 4.90 Å². The van der Waals surface area contributed by atoms with Gasteiger partial charge in [0.1, 0.15) is 0 Å². The molecule has 4 rings (SSSR count). The van der Waals surface area contributed by atoms with Crippen molar-refractivity contribution in [3.8, 4) is 0 Å². The van der Waals surface area contributed by atoms with Crippen LogP contribution in [0, 0.1) is 12.3 Å². The van der Waals surface area contributed by atoms with E-state index in [2.05, 4.69) is 0 Å². The van der Waals surface area contributed by atoms with Crippen LogP contribution < -0.4 is 4.90 Å². The van der Waals surface area contributed by atoms with E-state index in [0.717, 1.165) is 29.8 Å². The molecule has 2 aliphatic rings. The first-order valence-electron chi connectivity index (χ1n) is 8.25. The lowest BCUT2D eigenvalue weighted by Crippen LogP contribution is -2.34. The van der Waals surface area contributed by atoms with Gasteiger partial charge in [0.2, 0.25) is 5.91 Å². The molecule has 1 spiro atoms. The second kappa shape index (κ2) is 5.74. The fourth-order valence-corrected chi connectivity index (χ4v) is 4.56. The number of thiophene rings is 1. The van der Waals surface area contributed by atoms with E-state index in [-0.39, 0.29) is 17.2 Å². The van der Waals surface area contributed by atoms with Gasteiger partial charge in [0, 0.05) is 42.5 Å². The first-order valence-corrected chi connectivity index (χ1v) is 9.20. The van der Waals surface area contributed by atoms with Crippen LogP contribution in [0.15, 0.2) is 41.1 Å². The Balaban J connectivity index is 1.53. The normalized spacial score (nSPS) is 23.5. The maximum absolute atomic E-state index is 12.6. The van der Waals surface area contributed by atoms with E-state index >= 15 is 0 Å². The number of hydrogen-bond acceptors (Lipinski definition) is 3. The fourth-order valence-electron chi connectivity index (χ4n) is 3.93. The topological polar surface area (TPSA) is 40.6 Å². The van der Waals surface area contributed by atoms with Crippen molar-refractivity contribution in [2.75, 3.05) is 24.5 Å². The maximum Gasteiger partial charge on any atom is 0.254 e. The van der Waals surface area contributed by atoms with Crippen molar-refractivity contribution in [2.45, 2.75) is 19.8 Å². The number of hydrogen-bond donors (Lipinski definition) is 0. The molecule has 24 heavy (non-hydrogen) atoms. The van der Waals surface area contributed by atoms with Gasteiger partial charge < -0.3 is 9.80 Å². The van der Waals surface area contributed by atoms with Gasteiger partial charge >= 0.3 is 0 Å². The first kappa shape index (κ1) is 15.4. The smallest absolute Gasteiger partial charge is 0.254 e. The number of carbonyl (C=O) groups excluding carboxylic acids is 2. The van der Waals surface area contributed by atoms with Crippen molar-refractivity contribution in [2.24, 2.45) is 5.41 Å². The lowest BCUT2D eigenvalue weighted by Gasteiger charge is -2.25. The van der Waals surface area contributed by atoms with Gasteiger partial charge in [-0.05, 0) is 36.4 Å². The Labute approximate surface area is 145 Å². The molecule has 0 aliphatic carbocycles. The Morgan fingerprint density at radius 2 is 2.04 bits per heavy atom. The molecule has 2 aromatic rings. The molecule has 2 aliphatic heterocycles. The van der Waals surface area contributed by atoms with Crippen LogP contribution in [0.3, 0.4) is 0 Å². The van der Waals surface area contributed by atoms with Crippen molar-refractivity contribution in [3.63, 3.8) is 0 Å². The Bertz CT molecular complexity index is 786. The number of anilines is 1. The standard InChI is InChI=1S/C19H20N2O2S/c1-14-4-2-3-5-16(14)21-13-19(10-17(21)22)7-8-20(12-19)18(23)15-6-9-24-11-15/h2-6,9,11H,7-8,10,12-13H2,1H3/t19-/m1/s1. The SMILES string of the molecule is Cc1ccccc1N1C[C@]2(CCN(C(=O)c3ccsc3)C2)CC1=O. The van der Waals surface area contributed by atoms with E-state index in [1.807, 2.05) is 57.8 Å². The van der Waals surface area contributed by atoms with E-state index in [1.165, 1.54) is 0 Å². The highest BCUT2D eigenvalue weighted by Gasteiger charge is 2.49. The minimum atomic E-state index is -0.0922. The molecule has 0 radical (unpaired) electrons. The molecule has 0 saturated carbocycles. The van der Waals surface area contributed by atoms with Crippen molar-refractivity contribution < 1.29 is 9.59 Å². The summed E-state index contributed by atoms with van der Waals surface area (Å²) in [4.78, 5) is 29.0. The molecule has 1 atom stereocenters. The van der Waals surface area contributed by atoms with Crippen molar-refractivity contribution in [3.05, 3.63) is 52.2 Å². The summed E-state index contributed by atoms with van der Waals surface area (Å²) < 4.78 is 0. The molecule has 2 fully saturated rings. The number of rotatable bonds is 2. The third kappa shape index (κ3) is 2.53. The molecule has 4 nitrogen and oxygen atoms in total. The summed E-state index contributed by atoms with van der Waals surface area (Å²) in [6, 6.07) is 9.88. The number of likely N-dealkylation sites (tertiary alicyclic amines) is 1. The van der Waals surface area contributed by atoms with E-state index in [4.69, 9.17) is 0 Å². The summed E-state index contributed by atoms with van der Waals surface area (Å²) in [6.45, 7) is 4.16.